The van der Waals surface area contributed by atoms with Crippen molar-refractivity contribution in [3.05, 3.63) is 41.7 Å². The van der Waals surface area contributed by atoms with Gasteiger partial charge in [-0.2, -0.15) is 0 Å². The molecule has 3 rings (SSSR count). The lowest BCUT2D eigenvalue weighted by molar-refractivity contribution is -0.0864. The number of hydrogen-bond donors (Lipinski definition) is 1. The quantitative estimate of drug-likeness (QED) is 0.455. The number of carbonyl (C=O) groups excluding carboxylic acids is 1. The zero-order chi connectivity index (χ0) is 24.8. The van der Waals surface area contributed by atoms with E-state index in [9.17, 15) is 14.3 Å². The fourth-order valence-corrected chi connectivity index (χ4v) is 5.58. The van der Waals surface area contributed by atoms with Crippen molar-refractivity contribution in [2.45, 2.75) is 83.3 Å². The van der Waals surface area contributed by atoms with Crippen molar-refractivity contribution in [1.29, 1.82) is 0 Å². The predicted molar refractivity (Wildman–Crippen MR) is 133 cm³/mol. The smallest absolute Gasteiger partial charge is 0.410 e. The van der Waals surface area contributed by atoms with Crippen LogP contribution in [-0.4, -0.2) is 54.1 Å². The van der Waals surface area contributed by atoms with Crippen molar-refractivity contribution in [3.8, 4) is 0 Å². The summed E-state index contributed by atoms with van der Waals surface area (Å²) in [6.07, 6.45) is 8.36. The van der Waals surface area contributed by atoms with Gasteiger partial charge >= 0.3 is 6.09 Å². The Morgan fingerprint density at radius 2 is 1.94 bits per heavy atom. The number of halogens is 1. The Morgan fingerprint density at radius 3 is 2.65 bits per heavy atom. The van der Waals surface area contributed by atoms with Gasteiger partial charge in [0.2, 0.25) is 0 Å². The summed E-state index contributed by atoms with van der Waals surface area (Å²) in [6.45, 7) is 7.33. The van der Waals surface area contributed by atoms with E-state index < -0.39 is 11.2 Å². The second-order valence-corrected chi connectivity index (χ2v) is 10.8. The van der Waals surface area contributed by atoms with Crippen molar-refractivity contribution in [3.63, 3.8) is 0 Å². The Kier molecular flexibility index (Phi) is 9.16. The number of carbonyl (C=O) groups is 1. The highest BCUT2D eigenvalue weighted by Gasteiger charge is 2.47. The van der Waals surface area contributed by atoms with E-state index in [4.69, 9.17) is 9.47 Å². The zero-order valence-electron chi connectivity index (χ0n) is 21.3. The maximum atomic E-state index is 14.8. The van der Waals surface area contributed by atoms with Crippen LogP contribution in [0.15, 0.2) is 30.3 Å². The minimum Gasteiger partial charge on any atom is -0.444 e. The molecule has 1 fully saturated rings. The molecule has 0 bridgehead atoms. The van der Waals surface area contributed by atoms with Gasteiger partial charge in [0.1, 0.15) is 11.4 Å². The molecule has 1 N–H and O–H groups in total. The fraction of sp³-hybridized carbons (Fsp3) is 0.679. The number of methoxy groups -OCH3 is 1. The maximum absolute atomic E-state index is 14.8. The number of piperidine rings is 1. The van der Waals surface area contributed by atoms with Crippen molar-refractivity contribution in [1.82, 2.24) is 4.90 Å². The average Bonchev–Trinajstić information content (AvgIpc) is 2.81. The van der Waals surface area contributed by atoms with Crippen LogP contribution in [-0.2, 0) is 9.47 Å². The maximum Gasteiger partial charge on any atom is 0.410 e. The SMILES string of the molecule is COCCCC[C@@](O)(C1CCCC=C1c1ccccc1F)[C@@H]1CCCN(C(=O)OC(C)(C)C)C1. The molecule has 5 nitrogen and oxygen atoms in total. The van der Waals surface area contributed by atoms with E-state index >= 15 is 0 Å². The summed E-state index contributed by atoms with van der Waals surface area (Å²) in [4.78, 5) is 14.6. The summed E-state index contributed by atoms with van der Waals surface area (Å²) >= 11 is 0. The van der Waals surface area contributed by atoms with Crippen LogP contribution >= 0.6 is 0 Å². The molecule has 1 aliphatic heterocycles. The Balaban J connectivity index is 1.90. The second kappa shape index (κ2) is 11.7. The Bertz CT molecular complexity index is 849. The van der Waals surface area contributed by atoms with Crippen molar-refractivity contribution in [2.24, 2.45) is 11.8 Å². The lowest BCUT2D eigenvalue weighted by Crippen LogP contribution is -2.54. The third kappa shape index (κ3) is 6.60. The number of nitrogens with zero attached hydrogens (tertiary/aromatic N) is 1. The number of likely N-dealkylation sites (tertiary alicyclic amines) is 1. The molecule has 1 amide bonds. The van der Waals surface area contributed by atoms with E-state index in [-0.39, 0.29) is 23.7 Å². The minimum atomic E-state index is -1.04. The van der Waals surface area contributed by atoms with Crippen LogP contribution in [0.3, 0.4) is 0 Å². The number of amides is 1. The van der Waals surface area contributed by atoms with Crippen molar-refractivity contribution in [2.75, 3.05) is 26.8 Å². The highest BCUT2D eigenvalue weighted by molar-refractivity contribution is 5.70. The molecule has 0 aromatic heterocycles. The standard InChI is InChI=1S/C28H42FNO4/c1-27(2,3)34-26(31)30-18-11-12-21(20-30)28(32,17-9-10-19-33-4)24-15-7-5-13-22(24)23-14-6-8-16-25(23)29/h6,8,13-14,16,21,24,32H,5,7,9-12,15,17-20H2,1-4H3/t21-,24?,28+/m1/s1. The summed E-state index contributed by atoms with van der Waals surface area (Å²) in [5.41, 5.74) is -0.108. The molecule has 1 heterocycles. The topological polar surface area (TPSA) is 59.0 Å². The van der Waals surface area contributed by atoms with E-state index in [2.05, 4.69) is 6.08 Å². The molecule has 190 valence electrons. The van der Waals surface area contributed by atoms with Gasteiger partial charge in [-0.3, -0.25) is 0 Å². The molecule has 1 aliphatic carbocycles. The van der Waals surface area contributed by atoms with E-state index in [1.54, 1.807) is 18.1 Å². The minimum absolute atomic E-state index is 0.102. The first-order valence-corrected chi connectivity index (χ1v) is 12.8. The molecule has 1 aromatic rings. The molecule has 6 heteroatoms. The highest BCUT2D eigenvalue weighted by atomic mass is 19.1. The summed E-state index contributed by atoms with van der Waals surface area (Å²) in [5, 5.41) is 12.4. The van der Waals surface area contributed by atoms with Crippen LogP contribution in [0.2, 0.25) is 0 Å². The number of benzene rings is 1. The first kappa shape index (κ1) is 26.7. The third-order valence-electron chi connectivity index (χ3n) is 7.18. The number of unbranched alkanes of at least 4 members (excludes halogenated alkanes) is 1. The molecule has 1 aromatic carbocycles. The largest absolute Gasteiger partial charge is 0.444 e. The van der Waals surface area contributed by atoms with Gasteiger partial charge < -0.3 is 19.5 Å². The van der Waals surface area contributed by atoms with E-state index in [1.165, 1.54) is 6.07 Å². The molecule has 1 saturated heterocycles. The number of hydrogen-bond acceptors (Lipinski definition) is 4. The van der Waals surface area contributed by atoms with Crippen molar-refractivity contribution >= 4 is 11.7 Å². The number of ether oxygens (including phenoxy) is 2. The monoisotopic (exact) mass is 475 g/mol. The van der Waals surface area contributed by atoms with Gasteiger partial charge in [0.15, 0.2) is 0 Å². The molecule has 0 saturated carbocycles. The van der Waals surface area contributed by atoms with Crippen LogP contribution < -0.4 is 0 Å². The number of rotatable bonds is 8. The van der Waals surface area contributed by atoms with Crippen LogP contribution in [0.4, 0.5) is 9.18 Å². The molecule has 34 heavy (non-hydrogen) atoms. The van der Waals surface area contributed by atoms with Gasteiger partial charge in [0.25, 0.3) is 0 Å². The van der Waals surface area contributed by atoms with Crippen molar-refractivity contribution < 1.29 is 23.8 Å². The van der Waals surface area contributed by atoms with E-state index in [0.717, 1.165) is 50.5 Å². The normalized spacial score (nSPS) is 23.2. The average molecular weight is 476 g/mol. The second-order valence-electron chi connectivity index (χ2n) is 10.8. The van der Waals surface area contributed by atoms with E-state index in [1.807, 2.05) is 32.9 Å². The fourth-order valence-electron chi connectivity index (χ4n) is 5.58. The Morgan fingerprint density at radius 1 is 1.18 bits per heavy atom. The molecule has 3 atom stereocenters. The summed E-state index contributed by atoms with van der Waals surface area (Å²) < 4.78 is 25.7. The Labute approximate surface area is 204 Å². The third-order valence-corrected chi connectivity index (χ3v) is 7.18. The van der Waals surface area contributed by atoms with Gasteiger partial charge in [-0.25, -0.2) is 9.18 Å². The van der Waals surface area contributed by atoms with Gasteiger partial charge in [0, 0.05) is 44.2 Å². The summed E-state index contributed by atoms with van der Waals surface area (Å²) in [6, 6.07) is 6.87. The van der Waals surface area contributed by atoms with Gasteiger partial charge in [0.05, 0.1) is 5.60 Å². The number of allylic oxidation sites excluding steroid dienone is 1. The molecule has 1 unspecified atom stereocenters. The zero-order valence-corrected chi connectivity index (χ0v) is 21.3. The molecular weight excluding hydrogens is 433 g/mol. The van der Waals surface area contributed by atoms with Crippen LogP contribution in [0.25, 0.3) is 5.57 Å². The molecular formula is C28H42FNO4. The van der Waals surface area contributed by atoms with E-state index in [0.29, 0.717) is 31.7 Å². The molecule has 0 spiro atoms. The predicted octanol–water partition coefficient (Wildman–Crippen LogP) is 6.20. The summed E-state index contributed by atoms with van der Waals surface area (Å²) in [5.74, 6) is -0.528. The van der Waals surface area contributed by atoms with Gasteiger partial charge in [-0.05, 0) is 83.8 Å². The number of aliphatic hydroxyl groups is 1. The first-order valence-electron chi connectivity index (χ1n) is 12.8. The van der Waals surface area contributed by atoms with Gasteiger partial charge in [-0.15, -0.1) is 0 Å². The Hall–Kier alpha value is -1.92. The lowest BCUT2D eigenvalue weighted by Gasteiger charge is -2.48. The molecule has 2 aliphatic rings. The lowest BCUT2D eigenvalue weighted by atomic mass is 9.64. The van der Waals surface area contributed by atoms with Crippen LogP contribution in [0, 0.1) is 17.7 Å². The first-order chi connectivity index (χ1) is 16.2. The van der Waals surface area contributed by atoms with Crippen LogP contribution in [0.1, 0.15) is 77.7 Å². The van der Waals surface area contributed by atoms with Gasteiger partial charge in [-0.1, -0.05) is 24.3 Å². The highest BCUT2D eigenvalue weighted by Crippen LogP contribution is 2.47. The molecule has 0 radical (unpaired) electrons. The van der Waals surface area contributed by atoms with Crippen LogP contribution in [0.5, 0.6) is 0 Å². The summed E-state index contributed by atoms with van der Waals surface area (Å²) in [7, 11) is 1.69.